The second-order valence-electron chi connectivity index (χ2n) is 5.61. The van der Waals surface area contributed by atoms with Gasteiger partial charge in [-0.3, -0.25) is 4.79 Å². The van der Waals surface area contributed by atoms with E-state index in [4.69, 9.17) is 4.52 Å². The normalized spacial score (nSPS) is 17.9. The van der Waals surface area contributed by atoms with Gasteiger partial charge in [-0.1, -0.05) is 5.16 Å². The van der Waals surface area contributed by atoms with Crippen molar-refractivity contribution in [1.29, 1.82) is 0 Å². The van der Waals surface area contributed by atoms with Crippen molar-refractivity contribution in [3.8, 4) is 0 Å². The summed E-state index contributed by atoms with van der Waals surface area (Å²) in [5.41, 5.74) is 3.29. The van der Waals surface area contributed by atoms with E-state index in [9.17, 15) is 4.79 Å². The number of hydrogen-bond donors (Lipinski definition) is 0. The highest BCUT2D eigenvalue weighted by Gasteiger charge is 2.28. The van der Waals surface area contributed by atoms with Crippen LogP contribution >= 0.6 is 11.3 Å². The number of aromatic nitrogens is 1. The van der Waals surface area contributed by atoms with Gasteiger partial charge in [0.25, 0.3) is 0 Å². The minimum atomic E-state index is 0.192. The molecule has 0 saturated heterocycles. The summed E-state index contributed by atoms with van der Waals surface area (Å²) in [5, 5.41) is 6.07. The van der Waals surface area contributed by atoms with Crippen LogP contribution in [0.1, 0.15) is 46.8 Å². The summed E-state index contributed by atoms with van der Waals surface area (Å²) >= 11 is 1.80. The zero-order valence-electron chi connectivity index (χ0n) is 12.7. The van der Waals surface area contributed by atoms with Gasteiger partial charge in [0.15, 0.2) is 0 Å². The lowest BCUT2D eigenvalue weighted by Gasteiger charge is -2.33. The molecule has 4 nitrogen and oxygen atoms in total. The molecule has 1 aliphatic rings. The Morgan fingerprint density at radius 3 is 3.05 bits per heavy atom. The molecule has 0 N–H and O–H groups in total. The van der Waals surface area contributed by atoms with Crippen LogP contribution in [0.3, 0.4) is 0 Å². The number of amides is 1. The van der Waals surface area contributed by atoms with Crippen LogP contribution < -0.4 is 0 Å². The van der Waals surface area contributed by atoms with Crippen molar-refractivity contribution in [3.63, 3.8) is 0 Å². The zero-order chi connectivity index (χ0) is 15.0. The number of thiophene rings is 1. The van der Waals surface area contributed by atoms with Crippen LogP contribution in [0.2, 0.25) is 0 Å². The Labute approximate surface area is 128 Å². The fraction of sp³-hybridized carbons (Fsp3) is 0.500. The molecule has 0 aliphatic carbocycles. The molecule has 2 aromatic rings. The maximum Gasteiger partial charge on any atom is 0.223 e. The molecule has 2 aromatic heterocycles. The molecule has 3 rings (SSSR count). The predicted octanol–water partition coefficient (Wildman–Crippen LogP) is 3.43. The molecule has 0 spiro atoms. The third-order valence-electron chi connectivity index (χ3n) is 4.37. The Kier molecular flexibility index (Phi) is 3.85. The lowest BCUT2D eigenvalue weighted by atomic mass is 10.00. The average Bonchev–Trinajstić information content (AvgIpc) is 3.05. The molecule has 0 saturated carbocycles. The number of nitrogens with zero attached hydrogens (tertiary/aromatic N) is 2. The van der Waals surface area contributed by atoms with Crippen molar-refractivity contribution >= 4 is 17.2 Å². The number of rotatable bonds is 3. The van der Waals surface area contributed by atoms with Crippen LogP contribution in [-0.2, 0) is 17.6 Å². The number of carbonyl (C=O) groups excluding carboxylic acids is 1. The summed E-state index contributed by atoms with van der Waals surface area (Å²) in [6.07, 6.45) is 2.21. The molecule has 21 heavy (non-hydrogen) atoms. The van der Waals surface area contributed by atoms with Crippen LogP contribution in [0.25, 0.3) is 0 Å². The van der Waals surface area contributed by atoms with Crippen molar-refractivity contribution in [3.05, 3.63) is 38.9 Å². The van der Waals surface area contributed by atoms with E-state index >= 15 is 0 Å². The van der Waals surface area contributed by atoms with Crippen LogP contribution in [0.15, 0.2) is 16.0 Å². The van der Waals surface area contributed by atoms with E-state index in [2.05, 4.69) is 23.5 Å². The van der Waals surface area contributed by atoms with Crippen LogP contribution in [0.5, 0.6) is 0 Å². The Hall–Kier alpha value is -1.62. The van der Waals surface area contributed by atoms with Crippen molar-refractivity contribution in [2.45, 2.75) is 46.1 Å². The van der Waals surface area contributed by atoms with Gasteiger partial charge in [0.05, 0.1) is 11.7 Å². The molecular weight excluding hydrogens is 284 g/mol. The maximum atomic E-state index is 12.5. The predicted molar refractivity (Wildman–Crippen MR) is 82.4 cm³/mol. The Morgan fingerprint density at radius 1 is 1.52 bits per heavy atom. The van der Waals surface area contributed by atoms with Crippen molar-refractivity contribution in [2.75, 3.05) is 6.54 Å². The highest BCUT2D eigenvalue weighted by atomic mass is 32.1. The lowest BCUT2D eigenvalue weighted by Crippen LogP contribution is -2.38. The fourth-order valence-electron chi connectivity index (χ4n) is 3.08. The van der Waals surface area contributed by atoms with Crippen LogP contribution in [0, 0.1) is 13.8 Å². The zero-order valence-corrected chi connectivity index (χ0v) is 13.5. The van der Waals surface area contributed by atoms with E-state index in [0.29, 0.717) is 12.8 Å². The first-order valence-electron chi connectivity index (χ1n) is 7.35. The molecular formula is C16H20N2O2S. The lowest BCUT2D eigenvalue weighted by molar-refractivity contribution is -0.133. The van der Waals surface area contributed by atoms with E-state index in [1.807, 2.05) is 18.7 Å². The summed E-state index contributed by atoms with van der Waals surface area (Å²) in [6, 6.07) is 2.34. The Balaban J connectivity index is 1.67. The summed E-state index contributed by atoms with van der Waals surface area (Å²) in [7, 11) is 0. The van der Waals surface area contributed by atoms with Gasteiger partial charge >= 0.3 is 0 Å². The Morgan fingerprint density at radius 2 is 2.33 bits per heavy atom. The second kappa shape index (κ2) is 5.64. The summed E-state index contributed by atoms with van der Waals surface area (Å²) in [5.74, 6) is 1.05. The molecule has 0 aromatic carbocycles. The quantitative estimate of drug-likeness (QED) is 0.872. The van der Waals surface area contributed by atoms with E-state index in [1.54, 1.807) is 11.3 Å². The van der Waals surface area contributed by atoms with Gasteiger partial charge in [0, 0.05) is 23.4 Å². The second-order valence-corrected chi connectivity index (χ2v) is 6.62. The maximum absolute atomic E-state index is 12.5. The molecule has 0 bridgehead atoms. The van der Waals surface area contributed by atoms with E-state index in [1.165, 1.54) is 10.4 Å². The van der Waals surface area contributed by atoms with E-state index in [0.717, 1.165) is 30.0 Å². The van der Waals surface area contributed by atoms with Crippen molar-refractivity contribution in [1.82, 2.24) is 10.1 Å². The topological polar surface area (TPSA) is 46.3 Å². The van der Waals surface area contributed by atoms with Gasteiger partial charge in [-0.25, -0.2) is 0 Å². The highest BCUT2D eigenvalue weighted by molar-refractivity contribution is 7.10. The van der Waals surface area contributed by atoms with E-state index in [-0.39, 0.29) is 11.9 Å². The van der Waals surface area contributed by atoms with Gasteiger partial charge in [-0.15, -0.1) is 11.3 Å². The van der Waals surface area contributed by atoms with Gasteiger partial charge < -0.3 is 9.42 Å². The van der Waals surface area contributed by atoms with E-state index < -0.39 is 0 Å². The monoisotopic (exact) mass is 304 g/mol. The standard InChI is InChI=1S/C16H20N2O2S/c1-10-13(12(3)20-17-10)4-5-16(19)18-8-6-15-14(11(18)2)7-9-21-15/h7,9,11H,4-6,8H2,1-3H3. The molecule has 112 valence electrons. The molecule has 0 fully saturated rings. The summed E-state index contributed by atoms with van der Waals surface area (Å²) < 4.78 is 5.16. The first kappa shape index (κ1) is 14.3. The molecule has 0 radical (unpaired) electrons. The van der Waals surface area contributed by atoms with Crippen molar-refractivity contribution < 1.29 is 9.32 Å². The fourth-order valence-corrected chi connectivity index (χ4v) is 4.05. The molecule has 3 heterocycles. The molecule has 5 heteroatoms. The number of hydrogen-bond acceptors (Lipinski definition) is 4. The Bertz CT molecular complexity index is 640. The molecule has 1 unspecified atom stereocenters. The SMILES string of the molecule is Cc1noc(C)c1CCC(=O)N1CCc2sccc2C1C. The van der Waals surface area contributed by atoms with Crippen LogP contribution in [-0.4, -0.2) is 22.5 Å². The molecule has 1 amide bonds. The first-order chi connectivity index (χ1) is 10.1. The summed E-state index contributed by atoms with van der Waals surface area (Å²) in [4.78, 5) is 16.0. The largest absolute Gasteiger partial charge is 0.361 e. The summed E-state index contributed by atoms with van der Waals surface area (Å²) in [6.45, 7) is 6.78. The smallest absolute Gasteiger partial charge is 0.223 e. The van der Waals surface area contributed by atoms with Gasteiger partial charge in [0.2, 0.25) is 5.91 Å². The average molecular weight is 304 g/mol. The third kappa shape index (κ3) is 2.62. The van der Waals surface area contributed by atoms with Gasteiger partial charge in [0.1, 0.15) is 5.76 Å². The molecule has 1 atom stereocenters. The number of aryl methyl sites for hydroxylation is 2. The third-order valence-corrected chi connectivity index (χ3v) is 5.36. The highest BCUT2D eigenvalue weighted by Crippen LogP contribution is 2.33. The van der Waals surface area contributed by atoms with Crippen molar-refractivity contribution in [2.24, 2.45) is 0 Å². The van der Waals surface area contributed by atoms with Gasteiger partial charge in [-0.05, 0) is 50.6 Å². The number of fused-ring (bicyclic) bond motifs is 1. The number of carbonyl (C=O) groups is 1. The molecule has 1 aliphatic heterocycles. The van der Waals surface area contributed by atoms with Gasteiger partial charge in [-0.2, -0.15) is 0 Å². The minimum absolute atomic E-state index is 0.192. The first-order valence-corrected chi connectivity index (χ1v) is 8.23. The minimum Gasteiger partial charge on any atom is -0.361 e. The van der Waals surface area contributed by atoms with Crippen LogP contribution in [0.4, 0.5) is 0 Å².